The first-order valence-electron chi connectivity index (χ1n) is 4.44. The van der Waals surface area contributed by atoms with Crippen LogP contribution in [0.1, 0.15) is 12.8 Å². The van der Waals surface area contributed by atoms with Crippen LogP contribution in [0.15, 0.2) is 0 Å². The SMILES string of the molecule is O[C@@H]1CNC[C@]2(CCC2(F)F)[C@H]1O. The van der Waals surface area contributed by atoms with Crippen molar-refractivity contribution in [2.45, 2.75) is 31.0 Å². The van der Waals surface area contributed by atoms with Crippen molar-refractivity contribution in [3.63, 3.8) is 0 Å². The quantitative estimate of drug-likeness (QED) is 0.496. The summed E-state index contributed by atoms with van der Waals surface area (Å²) in [5.41, 5.74) is -1.41. The van der Waals surface area contributed by atoms with Gasteiger partial charge in [0.25, 0.3) is 5.92 Å². The summed E-state index contributed by atoms with van der Waals surface area (Å²) in [6, 6.07) is 0. The van der Waals surface area contributed by atoms with Crippen molar-refractivity contribution < 1.29 is 19.0 Å². The van der Waals surface area contributed by atoms with Crippen molar-refractivity contribution in [1.29, 1.82) is 0 Å². The van der Waals surface area contributed by atoms with Gasteiger partial charge in [0.15, 0.2) is 0 Å². The molecule has 13 heavy (non-hydrogen) atoms. The van der Waals surface area contributed by atoms with Crippen LogP contribution >= 0.6 is 0 Å². The topological polar surface area (TPSA) is 52.5 Å². The summed E-state index contributed by atoms with van der Waals surface area (Å²) in [5.74, 6) is -2.83. The van der Waals surface area contributed by atoms with Crippen LogP contribution in [-0.4, -0.2) is 41.4 Å². The van der Waals surface area contributed by atoms with Crippen LogP contribution in [0.5, 0.6) is 0 Å². The molecule has 1 heterocycles. The van der Waals surface area contributed by atoms with Crippen molar-refractivity contribution in [2.24, 2.45) is 5.41 Å². The highest BCUT2D eigenvalue weighted by atomic mass is 19.3. The Morgan fingerprint density at radius 1 is 1.23 bits per heavy atom. The maximum absolute atomic E-state index is 13.2. The van der Waals surface area contributed by atoms with Gasteiger partial charge in [-0.1, -0.05) is 0 Å². The van der Waals surface area contributed by atoms with Crippen molar-refractivity contribution >= 4 is 0 Å². The summed E-state index contributed by atoms with van der Waals surface area (Å²) in [5, 5.41) is 21.5. The van der Waals surface area contributed by atoms with E-state index in [1.165, 1.54) is 0 Å². The fourth-order valence-corrected chi connectivity index (χ4v) is 2.24. The zero-order chi connectivity index (χ0) is 9.69. The maximum Gasteiger partial charge on any atom is 0.257 e. The predicted molar refractivity (Wildman–Crippen MR) is 41.5 cm³/mol. The number of hydrogen-bond acceptors (Lipinski definition) is 3. The van der Waals surface area contributed by atoms with Gasteiger partial charge in [0.1, 0.15) is 0 Å². The molecule has 1 spiro atoms. The van der Waals surface area contributed by atoms with Gasteiger partial charge in [-0.3, -0.25) is 0 Å². The smallest absolute Gasteiger partial charge is 0.257 e. The average molecular weight is 193 g/mol. The first-order chi connectivity index (χ1) is 6.00. The maximum atomic E-state index is 13.2. The van der Waals surface area contributed by atoms with Crippen molar-refractivity contribution in [2.75, 3.05) is 13.1 Å². The van der Waals surface area contributed by atoms with Gasteiger partial charge in [0.05, 0.1) is 17.6 Å². The van der Waals surface area contributed by atoms with Gasteiger partial charge < -0.3 is 15.5 Å². The third kappa shape index (κ3) is 1.04. The third-order valence-electron chi connectivity index (χ3n) is 3.34. The van der Waals surface area contributed by atoms with Gasteiger partial charge in [0, 0.05) is 19.5 Å². The van der Waals surface area contributed by atoms with E-state index < -0.39 is 23.5 Å². The summed E-state index contributed by atoms with van der Waals surface area (Å²) in [7, 11) is 0. The van der Waals surface area contributed by atoms with Gasteiger partial charge in [-0.25, -0.2) is 8.78 Å². The molecular weight excluding hydrogens is 180 g/mol. The summed E-state index contributed by atoms with van der Waals surface area (Å²) >= 11 is 0. The average Bonchev–Trinajstić information content (AvgIpc) is 2.08. The normalized spacial score (nSPS) is 48.9. The minimum atomic E-state index is -2.83. The summed E-state index contributed by atoms with van der Waals surface area (Å²) < 4.78 is 26.4. The first-order valence-corrected chi connectivity index (χ1v) is 4.44. The number of aliphatic hydroxyl groups excluding tert-OH is 2. The van der Waals surface area contributed by atoms with E-state index in [9.17, 15) is 19.0 Å². The van der Waals surface area contributed by atoms with E-state index in [4.69, 9.17) is 0 Å². The fourth-order valence-electron chi connectivity index (χ4n) is 2.24. The molecule has 0 aromatic heterocycles. The summed E-state index contributed by atoms with van der Waals surface area (Å²) in [4.78, 5) is 0. The molecule has 2 aliphatic rings. The van der Waals surface area contributed by atoms with Crippen molar-refractivity contribution in [1.82, 2.24) is 5.32 Å². The minimum absolute atomic E-state index is 0.0955. The molecule has 3 nitrogen and oxygen atoms in total. The number of aliphatic hydroxyl groups is 2. The highest BCUT2D eigenvalue weighted by molar-refractivity contribution is 5.11. The second-order valence-electron chi connectivity index (χ2n) is 4.00. The number of piperidine rings is 1. The minimum Gasteiger partial charge on any atom is -0.390 e. The van der Waals surface area contributed by atoms with Crippen molar-refractivity contribution in [3.05, 3.63) is 0 Å². The molecule has 0 aromatic carbocycles. The van der Waals surface area contributed by atoms with E-state index >= 15 is 0 Å². The van der Waals surface area contributed by atoms with Gasteiger partial charge >= 0.3 is 0 Å². The van der Waals surface area contributed by atoms with Crippen LogP contribution < -0.4 is 5.32 Å². The molecule has 3 N–H and O–H groups in total. The molecule has 0 radical (unpaired) electrons. The van der Waals surface area contributed by atoms with Crippen LogP contribution in [0.3, 0.4) is 0 Å². The zero-order valence-electron chi connectivity index (χ0n) is 7.13. The summed E-state index contributed by atoms with van der Waals surface area (Å²) in [6.45, 7) is 0.289. The standard InChI is InChI=1S/C8H13F2NO2/c9-8(10)2-1-7(8)4-11-3-5(12)6(7)13/h5-6,11-13H,1-4H2/t5-,6+,7-/m1/s1. The lowest BCUT2D eigenvalue weighted by atomic mass is 9.59. The lowest BCUT2D eigenvalue weighted by Gasteiger charge is -2.55. The number of alkyl halides is 2. The Morgan fingerprint density at radius 2 is 1.92 bits per heavy atom. The molecule has 0 bridgehead atoms. The Kier molecular flexibility index (Phi) is 1.87. The molecule has 1 saturated carbocycles. The monoisotopic (exact) mass is 193 g/mol. The van der Waals surface area contributed by atoms with Crippen LogP contribution in [0, 0.1) is 5.41 Å². The van der Waals surface area contributed by atoms with E-state index in [2.05, 4.69) is 5.32 Å². The predicted octanol–water partition coefficient (Wildman–Crippen LogP) is -0.273. The number of nitrogens with one attached hydrogen (secondary N) is 1. The van der Waals surface area contributed by atoms with E-state index in [1.807, 2.05) is 0 Å². The molecule has 2 rings (SSSR count). The Balaban J connectivity index is 2.21. The van der Waals surface area contributed by atoms with Crippen LogP contribution in [0.25, 0.3) is 0 Å². The lowest BCUT2D eigenvalue weighted by molar-refractivity contribution is -0.266. The molecule has 2 fully saturated rings. The molecule has 1 saturated heterocycles. The van der Waals surface area contributed by atoms with Gasteiger partial charge in [0.2, 0.25) is 0 Å². The number of hydrogen-bond donors (Lipinski definition) is 3. The van der Waals surface area contributed by atoms with Gasteiger partial charge in [-0.05, 0) is 6.42 Å². The fraction of sp³-hybridized carbons (Fsp3) is 1.00. The largest absolute Gasteiger partial charge is 0.390 e. The van der Waals surface area contributed by atoms with Crippen LogP contribution in [0.2, 0.25) is 0 Å². The molecule has 1 aliphatic carbocycles. The van der Waals surface area contributed by atoms with Crippen LogP contribution in [0.4, 0.5) is 8.78 Å². The van der Waals surface area contributed by atoms with E-state index in [0.29, 0.717) is 0 Å². The Morgan fingerprint density at radius 3 is 2.31 bits per heavy atom. The number of β-amino-alcohol motifs (C(OH)–C–C–N with tert-alkyl or cyclic N) is 1. The van der Waals surface area contributed by atoms with Gasteiger partial charge in [-0.2, -0.15) is 0 Å². The van der Waals surface area contributed by atoms with E-state index in [1.54, 1.807) is 0 Å². The molecule has 0 aromatic rings. The van der Waals surface area contributed by atoms with E-state index in [-0.39, 0.29) is 25.9 Å². The Bertz CT molecular complexity index is 224. The van der Waals surface area contributed by atoms with Crippen LogP contribution in [-0.2, 0) is 0 Å². The molecular formula is C8H13F2NO2. The molecule has 3 atom stereocenters. The number of halogens is 2. The number of rotatable bonds is 0. The van der Waals surface area contributed by atoms with Gasteiger partial charge in [-0.15, -0.1) is 0 Å². The summed E-state index contributed by atoms with van der Waals surface area (Å²) in [6.07, 6.45) is -2.26. The first kappa shape index (κ1) is 9.30. The molecule has 0 amide bonds. The second kappa shape index (κ2) is 2.62. The second-order valence-corrected chi connectivity index (χ2v) is 4.00. The Hall–Kier alpha value is -0.260. The molecule has 5 heteroatoms. The highest BCUT2D eigenvalue weighted by Crippen LogP contribution is 2.57. The van der Waals surface area contributed by atoms with Crippen molar-refractivity contribution in [3.8, 4) is 0 Å². The molecule has 0 unspecified atom stereocenters. The highest BCUT2D eigenvalue weighted by Gasteiger charge is 2.67. The Labute approximate surface area is 74.8 Å². The zero-order valence-corrected chi connectivity index (χ0v) is 7.13. The molecule has 1 aliphatic heterocycles. The lowest BCUT2D eigenvalue weighted by Crippen LogP contribution is -2.69. The molecule has 76 valence electrons. The van der Waals surface area contributed by atoms with E-state index in [0.717, 1.165) is 0 Å². The third-order valence-corrected chi connectivity index (χ3v) is 3.34.